The summed E-state index contributed by atoms with van der Waals surface area (Å²) in [6.07, 6.45) is -0.634. The molecule has 11 nitrogen and oxygen atoms in total. The number of fused-ring (bicyclic) bond motifs is 1. The molecule has 3 N–H and O–H groups in total. The van der Waals surface area contributed by atoms with Crippen LogP contribution in [0.3, 0.4) is 0 Å². The normalized spacial score (nSPS) is 19.9. The van der Waals surface area contributed by atoms with Crippen molar-refractivity contribution in [2.24, 2.45) is 0 Å². The molecule has 0 bridgehead atoms. The number of carbonyl (C=O) groups is 1. The Hall–Kier alpha value is -4.06. The number of hydrogen-bond donors (Lipinski definition) is 3. The van der Waals surface area contributed by atoms with Crippen LogP contribution in [0.25, 0.3) is 17.0 Å². The molecule has 35 heavy (non-hydrogen) atoms. The average Bonchev–Trinajstić information content (AvgIpc) is 3.52. The van der Waals surface area contributed by atoms with Crippen LogP contribution in [0, 0.1) is 6.92 Å². The van der Waals surface area contributed by atoms with Gasteiger partial charge in [-0.1, -0.05) is 6.07 Å². The van der Waals surface area contributed by atoms with Crippen LogP contribution in [0.2, 0.25) is 0 Å². The Bertz CT molecular complexity index is 1340. The van der Waals surface area contributed by atoms with E-state index < -0.39 is 24.5 Å². The van der Waals surface area contributed by atoms with Crippen molar-refractivity contribution in [2.75, 3.05) is 11.9 Å². The second-order valence-corrected chi connectivity index (χ2v) is 8.57. The number of rotatable bonds is 6. The van der Waals surface area contributed by atoms with E-state index in [1.54, 1.807) is 30.5 Å². The molecule has 1 amide bonds. The molecule has 0 aliphatic carbocycles. The second-order valence-electron chi connectivity index (χ2n) is 8.57. The van der Waals surface area contributed by atoms with E-state index in [4.69, 9.17) is 14.5 Å². The highest BCUT2D eigenvalue weighted by atomic mass is 19.1. The standard InChI is InChI=1S/C23H25FN8O3/c1-12(2)26-23(33)35-17-11-34-21(20(17)24)16-8-18(31-30-16)29-22-28-15(14-6-4-5-7-25-14)9-19-27-13(3)10-32(19)22/h4-10,12,17,20-21H,11H2,1-3H3,(H,26,33)(H2,28,29,30,31). The minimum Gasteiger partial charge on any atom is -0.441 e. The summed E-state index contributed by atoms with van der Waals surface area (Å²) in [7, 11) is 0. The number of amides is 1. The van der Waals surface area contributed by atoms with E-state index in [2.05, 4.69) is 30.8 Å². The van der Waals surface area contributed by atoms with Gasteiger partial charge in [0.15, 0.2) is 18.1 Å². The van der Waals surface area contributed by atoms with Gasteiger partial charge in [0.1, 0.15) is 11.8 Å². The van der Waals surface area contributed by atoms with E-state index >= 15 is 0 Å². The first-order valence-corrected chi connectivity index (χ1v) is 11.2. The minimum absolute atomic E-state index is 0.0538. The summed E-state index contributed by atoms with van der Waals surface area (Å²) in [5, 5.41) is 12.8. The van der Waals surface area contributed by atoms with Gasteiger partial charge in [-0.15, -0.1) is 0 Å². The summed E-state index contributed by atoms with van der Waals surface area (Å²) in [4.78, 5) is 25.4. The number of imidazole rings is 1. The monoisotopic (exact) mass is 480 g/mol. The third kappa shape index (κ3) is 4.78. The molecule has 1 aliphatic heterocycles. The van der Waals surface area contributed by atoms with Crippen LogP contribution in [-0.4, -0.2) is 60.6 Å². The van der Waals surface area contributed by atoms with Gasteiger partial charge in [-0.05, 0) is 32.9 Å². The van der Waals surface area contributed by atoms with E-state index in [0.717, 1.165) is 5.69 Å². The number of carbonyl (C=O) groups excluding carboxylic acids is 1. The predicted molar refractivity (Wildman–Crippen MR) is 125 cm³/mol. The molecular formula is C23H25FN8O3. The molecule has 1 aliphatic rings. The van der Waals surface area contributed by atoms with E-state index in [0.29, 0.717) is 34.5 Å². The summed E-state index contributed by atoms with van der Waals surface area (Å²) >= 11 is 0. The molecule has 12 heteroatoms. The number of halogens is 1. The lowest BCUT2D eigenvalue weighted by molar-refractivity contribution is 0.0615. The zero-order valence-corrected chi connectivity index (χ0v) is 19.4. The predicted octanol–water partition coefficient (Wildman–Crippen LogP) is 3.48. The van der Waals surface area contributed by atoms with Crippen LogP contribution in [-0.2, 0) is 9.47 Å². The highest BCUT2D eigenvalue weighted by Gasteiger charge is 2.42. The van der Waals surface area contributed by atoms with Crippen molar-refractivity contribution in [3.63, 3.8) is 0 Å². The average molecular weight is 481 g/mol. The number of nitrogens with zero attached hydrogens (tertiary/aromatic N) is 5. The Morgan fingerprint density at radius 3 is 2.91 bits per heavy atom. The molecule has 3 unspecified atom stereocenters. The number of alkyl carbamates (subject to hydrolysis) is 1. The summed E-state index contributed by atoms with van der Waals surface area (Å²) in [5.74, 6) is 0.883. The lowest BCUT2D eigenvalue weighted by Gasteiger charge is -2.16. The van der Waals surface area contributed by atoms with Crippen molar-refractivity contribution >= 4 is 23.5 Å². The molecule has 0 radical (unpaired) electrons. The lowest BCUT2D eigenvalue weighted by Crippen LogP contribution is -2.36. The molecule has 5 heterocycles. The van der Waals surface area contributed by atoms with Crippen molar-refractivity contribution in [2.45, 2.75) is 45.2 Å². The summed E-state index contributed by atoms with van der Waals surface area (Å²) in [6.45, 7) is 5.42. The van der Waals surface area contributed by atoms with E-state index in [1.165, 1.54) is 0 Å². The molecule has 0 aromatic carbocycles. The van der Waals surface area contributed by atoms with Crippen LogP contribution in [0.5, 0.6) is 0 Å². The van der Waals surface area contributed by atoms with Gasteiger partial charge in [0.2, 0.25) is 5.95 Å². The maximum Gasteiger partial charge on any atom is 0.407 e. The Labute approximate surface area is 200 Å². The van der Waals surface area contributed by atoms with Gasteiger partial charge >= 0.3 is 6.09 Å². The third-order valence-corrected chi connectivity index (χ3v) is 5.39. The van der Waals surface area contributed by atoms with Crippen LogP contribution in [0.4, 0.5) is 21.0 Å². The number of hydrogen-bond acceptors (Lipinski definition) is 8. The third-order valence-electron chi connectivity index (χ3n) is 5.39. The molecule has 182 valence electrons. The summed E-state index contributed by atoms with van der Waals surface area (Å²) in [5.41, 5.74) is 3.27. The first-order valence-electron chi connectivity index (χ1n) is 11.2. The van der Waals surface area contributed by atoms with Crippen molar-refractivity contribution in [3.8, 4) is 11.4 Å². The number of nitrogens with one attached hydrogen (secondary N) is 3. The molecule has 4 aromatic rings. The molecule has 1 saturated heterocycles. The van der Waals surface area contributed by atoms with E-state index in [1.807, 2.05) is 37.4 Å². The molecule has 4 aromatic heterocycles. The van der Waals surface area contributed by atoms with Gasteiger partial charge in [-0.2, -0.15) is 5.10 Å². The number of aromatic nitrogens is 6. The zero-order valence-electron chi connectivity index (χ0n) is 19.4. The van der Waals surface area contributed by atoms with Gasteiger partial charge < -0.3 is 20.1 Å². The Morgan fingerprint density at radius 2 is 2.14 bits per heavy atom. The highest BCUT2D eigenvalue weighted by Crippen LogP contribution is 2.33. The molecule has 1 fully saturated rings. The van der Waals surface area contributed by atoms with Crippen LogP contribution in [0.1, 0.15) is 31.3 Å². The first-order chi connectivity index (χ1) is 16.9. The number of aromatic amines is 1. The van der Waals surface area contributed by atoms with Gasteiger partial charge in [0, 0.05) is 30.6 Å². The van der Waals surface area contributed by atoms with Gasteiger partial charge in [0.05, 0.1) is 29.4 Å². The van der Waals surface area contributed by atoms with Gasteiger partial charge in [0.25, 0.3) is 0 Å². The minimum atomic E-state index is -1.55. The fraction of sp³-hybridized carbons (Fsp3) is 0.348. The molecular weight excluding hydrogens is 455 g/mol. The van der Waals surface area contributed by atoms with Crippen molar-refractivity contribution in [3.05, 3.63) is 54.1 Å². The quantitative estimate of drug-likeness (QED) is 0.382. The van der Waals surface area contributed by atoms with E-state index in [9.17, 15) is 9.18 Å². The maximum atomic E-state index is 15.0. The molecule has 0 saturated carbocycles. The van der Waals surface area contributed by atoms with Gasteiger partial charge in [-0.25, -0.2) is 19.2 Å². The molecule has 0 spiro atoms. The SMILES string of the molecule is Cc1cn2c(Nc3cc(C4OCC(OC(=O)NC(C)C)C4F)[nH]n3)nc(-c3ccccn3)cc2n1. The lowest BCUT2D eigenvalue weighted by atomic mass is 10.1. The highest BCUT2D eigenvalue weighted by molar-refractivity contribution is 5.68. The van der Waals surface area contributed by atoms with Crippen molar-refractivity contribution < 1.29 is 18.7 Å². The summed E-state index contributed by atoms with van der Waals surface area (Å²) in [6, 6.07) is 8.96. The number of anilines is 2. The Kier molecular flexibility index (Phi) is 6.03. The molecule has 5 rings (SSSR count). The maximum absolute atomic E-state index is 15.0. The number of alkyl halides is 1. The zero-order chi connectivity index (χ0) is 24.5. The fourth-order valence-electron chi connectivity index (χ4n) is 3.85. The van der Waals surface area contributed by atoms with Crippen LogP contribution >= 0.6 is 0 Å². The van der Waals surface area contributed by atoms with E-state index in [-0.39, 0.29) is 12.6 Å². The smallest absolute Gasteiger partial charge is 0.407 e. The topological polar surface area (TPSA) is 131 Å². The molecule has 3 atom stereocenters. The van der Waals surface area contributed by atoms with Crippen LogP contribution < -0.4 is 10.6 Å². The summed E-state index contributed by atoms with van der Waals surface area (Å²) < 4.78 is 27.5. The Morgan fingerprint density at radius 1 is 1.29 bits per heavy atom. The largest absolute Gasteiger partial charge is 0.441 e. The fourth-order valence-corrected chi connectivity index (χ4v) is 3.85. The number of pyridine rings is 1. The number of aryl methyl sites for hydroxylation is 1. The second kappa shape index (κ2) is 9.29. The van der Waals surface area contributed by atoms with Crippen LogP contribution in [0.15, 0.2) is 42.7 Å². The number of H-pyrrole nitrogens is 1. The first kappa shape index (κ1) is 22.7. The Balaban J connectivity index is 1.36. The van der Waals surface area contributed by atoms with Crippen molar-refractivity contribution in [1.82, 2.24) is 34.9 Å². The van der Waals surface area contributed by atoms with Gasteiger partial charge in [-0.3, -0.25) is 14.5 Å². The number of ether oxygens (including phenoxy) is 2. The van der Waals surface area contributed by atoms with Crippen molar-refractivity contribution in [1.29, 1.82) is 0 Å².